The number of hydrogen-bond donors (Lipinski definition) is 2. The summed E-state index contributed by atoms with van der Waals surface area (Å²) in [4.78, 5) is 20.6. The molecule has 1 saturated carbocycles. The van der Waals surface area contributed by atoms with E-state index in [0.717, 1.165) is 77.6 Å². The zero-order valence-corrected chi connectivity index (χ0v) is 18.6. The largest absolute Gasteiger partial charge is 0.378 e. The number of carbonyl (C=O) groups excluding carboxylic acids is 1. The van der Waals surface area contributed by atoms with E-state index >= 15 is 0 Å². The fourth-order valence-electron chi connectivity index (χ4n) is 4.66. The summed E-state index contributed by atoms with van der Waals surface area (Å²) in [5.74, 6) is 1.09. The van der Waals surface area contributed by atoms with Gasteiger partial charge in [-0.3, -0.25) is 14.7 Å². The van der Waals surface area contributed by atoms with Crippen LogP contribution in [0.15, 0.2) is 4.99 Å². The highest BCUT2D eigenvalue weighted by Gasteiger charge is 2.53. The van der Waals surface area contributed by atoms with E-state index in [9.17, 15) is 4.79 Å². The van der Waals surface area contributed by atoms with Crippen LogP contribution in [0.2, 0.25) is 0 Å². The van der Waals surface area contributed by atoms with Crippen molar-refractivity contribution in [2.24, 2.45) is 10.4 Å². The van der Waals surface area contributed by atoms with E-state index in [0.29, 0.717) is 12.1 Å². The number of carbonyl (C=O) groups is 1. The second kappa shape index (κ2) is 11.0. The molecule has 2 N–H and O–H groups in total. The third-order valence-corrected chi connectivity index (χ3v) is 6.63. The smallest absolute Gasteiger partial charge is 0.219 e. The summed E-state index contributed by atoms with van der Waals surface area (Å²) >= 11 is 0. The molecule has 0 aromatic heterocycles. The molecule has 1 saturated heterocycles. The van der Waals surface area contributed by atoms with Gasteiger partial charge in [0.15, 0.2) is 5.96 Å². The summed E-state index contributed by atoms with van der Waals surface area (Å²) in [5.41, 5.74) is 0.204. The van der Waals surface area contributed by atoms with E-state index in [1.807, 2.05) is 4.90 Å². The Morgan fingerprint density at radius 1 is 1.14 bits per heavy atom. The third kappa shape index (κ3) is 5.38. The molecule has 28 heavy (non-hydrogen) atoms. The molecule has 0 aromatic carbocycles. The molecular weight excluding hydrogens is 354 g/mol. The highest BCUT2D eigenvalue weighted by atomic mass is 16.5. The van der Waals surface area contributed by atoms with Crippen molar-refractivity contribution < 1.29 is 9.53 Å². The molecule has 2 aliphatic rings. The summed E-state index contributed by atoms with van der Waals surface area (Å²) in [6, 6.07) is 0.413. The van der Waals surface area contributed by atoms with Gasteiger partial charge in [-0.25, -0.2) is 0 Å². The zero-order valence-electron chi connectivity index (χ0n) is 18.6. The van der Waals surface area contributed by atoms with Crippen LogP contribution in [0, 0.1) is 5.41 Å². The van der Waals surface area contributed by atoms with Gasteiger partial charge in [-0.05, 0) is 33.1 Å². The van der Waals surface area contributed by atoms with Crippen LogP contribution in [0.25, 0.3) is 0 Å². The number of nitrogens with zero attached hydrogens (tertiary/aromatic N) is 3. The van der Waals surface area contributed by atoms with Gasteiger partial charge >= 0.3 is 0 Å². The van der Waals surface area contributed by atoms with Crippen LogP contribution in [0.4, 0.5) is 0 Å². The lowest BCUT2D eigenvalue weighted by molar-refractivity contribution is -0.133. The molecule has 0 radical (unpaired) electrons. The maximum atomic E-state index is 11.4. The first-order valence-corrected chi connectivity index (χ1v) is 11.1. The molecule has 1 aliphatic heterocycles. The van der Waals surface area contributed by atoms with Crippen molar-refractivity contribution in [1.29, 1.82) is 0 Å². The Labute approximate surface area is 171 Å². The lowest BCUT2D eigenvalue weighted by Gasteiger charge is -2.55. The predicted molar refractivity (Wildman–Crippen MR) is 115 cm³/mol. The van der Waals surface area contributed by atoms with E-state index in [1.165, 1.54) is 0 Å². The molecule has 1 aliphatic carbocycles. The summed E-state index contributed by atoms with van der Waals surface area (Å²) in [6.07, 6.45) is 3.63. The summed E-state index contributed by atoms with van der Waals surface area (Å²) in [6.45, 7) is 17.2. The quantitative estimate of drug-likeness (QED) is 0.459. The minimum absolute atomic E-state index is 0.178. The van der Waals surface area contributed by atoms with Crippen LogP contribution in [-0.4, -0.2) is 86.2 Å². The lowest BCUT2D eigenvalue weighted by Crippen LogP contribution is -2.65. The summed E-state index contributed by atoms with van der Waals surface area (Å²) in [7, 11) is 0. The van der Waals surface area contributed by atoms with Crippen molar-refractivity contribution in [1.82, 2.24) is 20.4 Å². The number of aliphatic imine (C=N–C) groups is 1. The number of ether oxygens (including phenoxy) is 1. The Hall–Kier alpha value is -1.34. The molecule has 0 bridgehead atoms. The highest BCUT2D eigenvalue weighted by molar-refractivity contribution is 5.80. The normalized spacial score (nSPS) is 25.3. The number of amides is 1. The molecule has 162 valence electrons. The number of rotatable bonds is 9. The Balaban J connectivity index is 1.86. The Kier molecular flexibility index (Phi) is 9.02. The van der Waals surface area contributed by atoms with E-state index in [4.69, 9.17) is 9.73 Å². The average Bonchev–Trinajstić information content (AvgIpc) is 2.68. The van der Waals surface area contributed by atoms with Gasteiger partial charge in [-0.15, -0.1) is 0 Å². The second-order valence-electron chi connectivity index (χ2n) is 7.93. The molecule has 2 atom stereocenters. The first-order valence-electron chi connectivity index (χ1n) is 11.1. The topological polar surface area (TPSA) is 69.2 Å². The maximum absolute atomic E-state index is 11.4. The molecule has 1 amide bonds. The van der Waals surface area contributed by atoms with Crippen LogP contribution in [0.1, 0.15) is 53.9 Å². The number of nitrogens with one attached hydrogen (secondary N) is 2. The highest BCUT2D eigenvalue weighted by Crippen LogP contribution is 2.48. The summed E-state index contributed by atoms with van der Waals surface area (Å²) in [5, 5.41) is 7.08. The molecule has 7 heteroatoms. The minimum Gasteiger partial charge on any atom is -0.378 e. The van der Waals surface area contributed by atoms with E-state index in [2.05, 4.69) is 43.2 Å². The second-order valence-corrected chi connectivity index (χ2v) is 7.93. The molecule has 1 heterocycles. The fraction of sp³-hybridized carbons (Fsp3) is 0.905. The SMILES string of the molecule is CCNC(=NCCN1CCN(C(C)=O)CC1)NC1CC(OCC)C1(CC)CC. The van der Waals surface area contributed by atoms with Gasteiger partial charge in [0.2, 0.25) is 5.91 Å². The predicted octanol–water partition coefficient (Wildman–Crippen LogP) is 1.69. The van der Waals surface area contributed by atoms with Gasteiger partial charge in [0, 0.05) is 64.3 Å². The first-order chi connectivity index (χ1) is 13.5. The van der Waals surface area contributed by atoms with Crippen molar-refractivity contribution in [3.8, 4) is 0 Å². The van der Waals surface area contributed by atoms with Gasteiger partial charge in [-0.1, -0.05) is 13.8 Å². The Morgan fingerprint density at radius 3 is 2.36 bits per heavy atom. The number of hydrogen-bond acceptors (Lipinski definition) is 4. The van der Waals surface area contributed by atoms with Crippen LogP contribution in [-0.2, 0) is 9.53 Å². The average molecular weight is 396 g/mol. The van der Waals surface area contributed by atoms with Gasteiger partial charge in [-0.2, -0.15) is 0 Å². The maximum Gasteiger partial charge on any atom is 0.219 e. The Morgan fingerprint density at radius 2 is 1.82 bits per heavy atom. The van der Waals surface area contributed by atoms with Gasteiger partial charge < -0.3 is 20.3 Å². The molecule has 0 aromatic rings. The number of guanidine groups is 1. The Bertz CT molecular complexity index is 513. The van der Waals surface area contributed by atoms with E-state index in [-0.39, 0.29) is 11.3 Å². The monoisotopic (exact) mass is 395 g/mol. The molecule has 0 spiro atoms. The first kappa shape index (κ1) is 22.9. The van der Waals surface area contributed by atoms with Crippen LogP contribution in [0.3, 0.4) is 0 Å². The standard InChI is InChI=1S/C21H41N5O2/c1-6-21(7-2)18(16-19(21)28-9-4)24-20(22-8-3)23-10-11-25-12-14-26(15-13-25)17(5)27/h18-19H,6-16H2,1-5H3,(H2,22,23,24). The van der Waals surface area contributed by atoms with E-state index in [1.54, 1.807) is 6.92 Å². The molecular formula is C21H41N5O2. The van der Waals surface area contributed by atoms with Crippen molar-refractivity contribution >= 4 is 11.9 Å². The van der Waals surface area contributed by atoms with Gasteiger partial charge in [0.25, 0.3) is 0 Å². The van der Waals surface area contributed by atoms with Crippen LogP contribution >= 0.6 is 0 Å². The zero-order chi connectivity index (χ0) is 20.6. The van der Waals surface area contributed by atoms with E-state index < -0.39 is 0 Å². The fourth-order valence-corrected chi connectivity index (χ4v) is 4.66. The molecule has 2 fully saturated rings. The number of piperazine rings is 1. The lowest BCUT2D eigenvalue weighted by atomic mass is 9.58. The van der Waals surface area contributed by atoms with Crippen molar-refractivity contribution in [3.63, 3.8) is 0 Å². The third-order valence-electron chi connectivity index (χ3n) is 6.63. The van der Waals surface area contributed by atoms with Crippen LogP contribution < -0.4 is 10.6 Å². The molecule has 7 nitrogen and oxygen atoms in total. The van der Waals surface area contributed by atoms with Crippen molar-refractivity contribution in [2.45, 2.75) is 66.0 Å². The molecule has 2 unspecified atom stereocenters. The van der Waals surface area contributed by atoms with Gasteiger partial charge in [0.05, 0.1) is 12.6 Å². The van der Waals surface area contributed by atoms with Crippen molar-refractivity contribution in [3.05, 3.63) is 0 Å². The summed E-state index contributed by atoms with van der Waals surface area (Å²) < 4.78 is 6.00. The van der Waals surface area contributed by atoms with Gasteiger partial charge in [0.1, 0.15) is 0 Å². The van der Waals surface area contributed by atoms with Crippen molar-refractivity contribution in [2.75, 3.05) is 52.4 Å². The molecule has 2 rings (SSSR count). The van der Waals surface area contributed by atoms with Crippen LogP contribution in [0.5, 0.6) is 0 Å². The minimum atomic E-state index is 0.178.